The van der Waals surface area contributed by atoms with Crippen molar-refractivity contribution in [1.82, 2.24) is 24.8 Å². The molecule has 0 amide bonds. The first-order valence-corrected chi connectivity index (χ1v) is 6.77. The molecule has 1 aliphatic rings. The second-order valence-electron chi connectivity index (χ2n) is 5.12. The van der Waals surface area contributed by atoms with E-state index >= 15 is 0 Å². The van der Waals surface area contributed by atoms with Crippen LogP contribution in [0.2, 0.25) is 0 Å². The van der Waals surface area contributed by atoms with Gasteiger partial charge in [0.15, 0.2) is 0 Å². The number of aromatic nitrogens is 4. The fourth-order valence-electron chi connectivity index (χ4n) is 2.55. The molecule has 0 radical (unpaired) electrons. The van der Waals surface area contributed by atoms with Gasteiger partial charge in [-0.25, -0.2) is 9.97 Å². The number of hydrogen-bond acceptors (Lipinski definition) is 4. The number of imidazole rings is 1. The fraction of sp³-hybridized carbons (Fsp3) is 0.500. The van der Waals surface area contributed by atoms with E-state index in [4.69, 9.17) is 4.98 Å². The van der Waals surface area contributed by atoms with Gasteiger partial charge >= 0.3 is 0 Å². The number of piperidine rings is 1. The van der Waals surface area contributed by atoms with Gasteiger partial charge in [0, 0.05) is 25.7 Å². The Morgan fingerprint density at radius 2 is 2.21 bits per heavy atom. The summed E-state index contributed by atoms with van der Waals surface area (Å²) in [6, 6.07) is 0. The number of hydrogen-bond donors (Lipinski definition) is 1. The van der Waals surface area contributed by atoms with Crippen LogP contribution in [-0.2, 0) is 7.05 Å². The van der Waals surface area contributed by atoms with E-state index in [1.807, 2.05) is 37.1 Å². The summed E-state index contributed by atoms with van der Waals surface area (Å²) < 4.78 is 2.05. The van der Waals surface area contributed by atoms with Crippen LogP contribution in [0.5, 0.6) is 0 Å². The quantitative estimate of drug-likeness (QED) is 0.889. The minimum Gasteiger partial charge on any atom is -0.330 e. The van der Waals surface area contributed by atoms with Gasteiger partial charge in [-0.15, -0.1) is 0 Å². The zero-order valence-electron chi connectivity index (χ0n) is 11.4. The molecule has 0 bridgehead atoms. The molecule has 0 saturated carbocycles. The molecule has 3 rings (SSSR count). The van der Waals surface area contributed by atoms with Crippen molar-refractivity contribution in [2.45, 2.75) is 25.7 Å². The maximum absolute atomic E-state index is 4.78. The van der Waals surface area contributed by atoms with E-state index in [0.29, 0.717) is 5.92 Å². The van der Waals surface area contributed by atoms with Crippen LogP contribution >= 0.6 is 0 Å². The van der Waals surface area contributed by atoms with Crippen molar-refractivity contribution in [3.63, 3.8) is 0 Å². The van der Waals surface area contributed by atoms with Gasteiger partial charge in [-0.2, -0.15) is 0 Å². The van der Waals surface area contributed by atoms with Crippen molar-refractivity contribution in [3.05, 3.63) is 30.1 Å². The molecular weight excluding hydrogens is 238 g/mol. The standard InChI is InChI=1S/C14H19N5/c1-10-17-9-14(19(10)2)13-8-16-7-12(18-13)11-4-3-5-15-6-11/h7-9,11,15H,3-6H2,1-2H3/t11-/m1/s1. The maximum atomic E-state index is 4.78. The Labute approximate surface area is 113 Å². The summed E-state index contributed by atoms with van der Waals surface area (Å²) in [5, 5.41) is 3.42. The lowest BCUT2D eigenvalue weighted by molar-refractivity contribution is 0.454. The lowest BCUT2D eigenvalue weighted by Gasteiger charge is -2.22. The highest BCUT2D eigenvalue weighted by Crippen LogP contribution is 2.23. The third-order valence-corrected chi connectivity index (χ3v) is 3.85. The minimum absolute atomic E-state index is 0.482. The molecule has 1 saturated heterocycles. The molecule has 5 nitrogen and oxygen atoms in total. The Morgan fingerprint density at radius 1 is 1.32 bits per heavy atom. The molecule has 3 heterocycles. The first-order chi connectivity index (χ1) is 9.25. The first-order valence-electron chi connectivity index (χ1n) is 6.77. The summed E-state index contributed by atoms with van der Waals surface area (Å²) in [6.45, 7) is 4.11. The molecule has 100 valence electrons. The Morgan fingerprint density at radius 3 is 2.89 bits per heavy atom. The summed E-state index contributed by atoms with van der Waals surface area (Å²) in [4.78, 5) is 13.5. The van der Waals surface area contributed by atoms with Gasteiger partial charge in [-0.3, -0.25) is 4.98 Å². The SMILES string of the molecule is Cc1ncc(-c2cncc([C@@H]3CCCNC3)n2)n1C. The highest BCUT2D eigenvalue weighted by Gasteiger charge is 2.18. The van der Waals surface area contributed by atoms with Gasteiger partial charge in [-0.05, 0) is 26.3 Å². The Hall–Kier alpha value is -1.75. The van der Waals surface area contributed by atoms with Gasteiger partial charge in [0.1, 0.15) is 11.5 Å². The third kappa shape index (κ3) is 2.38. The van der Waals surface area contributed by atoms with Crippen molar-refractivity contribution in [2.75, 3.05) is 13.1 Å². The molecule has 0 unspecified atom stereocenters. The molecule has 1 aliphatic heterocycles. The average Bonchev–Trinajstić information content (AvgIpc) is 2.80. The number of nitrogens with one attached hydrogen (secondary N) is 1. The molecule has 19 heavy (non-hydrogen) atoms. The lowest BCUT2D eigenvalue weighted by atomic mass is 9.96. The Bertz CT molecular complexity index is 569. The Balaban J connectivity index is 1.93. The highest BCUT2D eigenvalue weighted by molar-refractivity contribution is 5.53. The van der Waals surface area contributed by atoms with Crippen molar-refractivity contribution < 1.29 is 0 Å². The summed E-state index contributed by atoms with van der Waals surface area (Å²) in [5.41, 5.74) is 3.02. The van der Waals surface area contributed by atoms with E-state index in [1.54, 1.807) is 0 Å². The van der Waals surface area contributed by atoms with E-state index < -0.39 is 0 Å². The smallest absolute Gasteiger partial charge is 0.107 e. The molecule has 2 aromatic heterocycles. The monoisotopic (exact) mass is 257 g/mol. The second-order valence-corrected chi connectivity index (χ2v) is 5.12. The van der Waals surface area contributed by atoms with Crippen LogP contribution in [0.4, 0.5) is 0 Å². The van der Waals surface area contributed by atoms with Crippen LogP contribution in [-0.4, -0.2) is 32.6 Å². The molecule has 0 aromatic carbocycles. The lowest BCUT2D eigenvalue weighted by Crippen LogP contribution is -2.29. The zero-order valence-corrected chi connectivity index (χ0v) is 11.4. The molecule has 1 atom stereocenters. The number of rotatable bonds is 2. The normalized spacial score (nSPS) is 19.6. The van der Waals surface area contributed by atoms with Crippen molar-refractivity contribution in [2.24, 2.45) is 7.05 Å². The van der Waals surface area contributed by atoms with Crippen molar-refractivity contribution >= 4 is 0 Å². The van der Waals surface area contributed by atoms with Gasteiger partial charge in [0.25, 0.3) is 0 Å². The van der Waals surface area contributed by atoms with Gasteiger partial charge in [-0.1, -0.05) is 0 Å². The summed E-state index contributed by atoms with van der Waals surface area (Å²) in [7, 11) is 2.01. The average molecular weight is 257 g/mol. The molecule has 1 fully saturated rings. The van der Waals surface area contributed by atoms with Gasteiger partial charge in [0.05, 0.1) is 23.8 Å². The molecule has 0 spiro atoms. The van der Waals surface area contributed by atoms with Gasteiger partial charge in [0.2, 0.25) is 0 Å². The predicted molar refractivity (Wildman–Crippen MR) is 73.8 cm³/mol. The van der Waals surface area contributed by atoms with Crippen LogP contribution < -0.4 is 5.32 Å². The van der Waals surface area contributed by atoms with E-state index in [9.17, 15) is 0 Å². The predicted octanol–water partition coefficient (Wildman–Crippen LogP) is 1.65. The van der Waals surface area contributed by atoms with Crippen LogP contribution in [0.1, 0.15) is 30.3 Å². The highest BCUT2D eigenvalue weighted by atomic mass is 15.1. The van der Waals surface area contributed by atoms with Crippen LogP contribution in [0.3, 0.4) is 0 Å². The number of aryl methyl sites for hydroxylation is 1. The Kier molecular flexibility index (Phi) is 3.29. The van der Waals surface area contributed by atoms with Crippen LogP contribution in [0.15, 0.2) is 18.6 Å². The largest absolute Gasteiger partial charge is 0.330 e. The van der Waals surface area contributed by atoms with Crippen LogP contribution in [0, 0.1) is 6.92 Å². The van der Waals surface area contributed by atoms with Crippen LogP contribution in [0.25, 0.3) is 11.4 Å². The maximum Gasteiger partial charge on any atom is 0.107 e. The molecular formula is C14H19N5. The summed E-state index contributed by atoms with van der Waals surface area (Å²) in [5.74, 6) is 1.47. The fourth-order valence-corrected chi connectivity index (χ4v) is 2.55. The summed E-state index contributed by atoms with van der Waals surface area (Å²) >= 11 is 0. The molecule has 5 heteroatoms. The third-order valence-electron chi connectivity index (χ3n) is 3.85. The van der Waals surface area contributed by atoms with Crippen molar-refractivity contribution in [1.29, 1.82) is 0 Å². The zero-order chi connectivity index (χ0) is 13.2. The van der Waals surface area contributed by atoms with E-state index in [1.165, 1.54) is 12.8 Å². The van der Waals surface area contributed by atoms with Crippen molar-refractivity contribution in [3.8, 4) is 11.4 Å². The minimum atomic E-state index is 0.482. The number of nitrogens with zero attached hydrogens (tertiary/aromatic N) is 4. The summed E-state index contributed by atoms with van der Waals surface area (Å²) in [6.07, 6.45) is 7.97. The van der Waals surface area contributed by atoms with E-state index in [-0.39, 0.29) is 0 Å². The molecule has 1 N–H and O–H groups in total. The van der Waals surface area contributed by atoms with E-state index in [0.717, 1.165) is 36.0 Å². The molecule has 2 aromatic rings. The first kappa shape index (κ1) is 12.3. The molecule has 0 aliphatic carbocycles. The second kappa shape index (κ2) is 5.09. The van der Waals surface area contributed by atoms with E-state index in [2.05, 4.69) is 15.3 Å². The topological polar surface area (TPSA) is 55.6 Å². The van der Waals surface area contributed by atoms with Gasteiger partial charge < -0.3 is 9.88 Å².